The van der Waals surface area contributed by atoms with Crippen LogP contribution in [0, 0.1) is 46.3 Å². The monoisotopic (exact) mass is 406 g/mol. The molecule has 10 atom stereocenters. The molecular weight excluding hydrogens is 364 g/mol. The van der Waals surface area contributed by atoms with Gasteiger partial charge in [0.15, 0.2) is 0 Å². The Kier molecular flexibility index (Phi) is 5.83. The van der Waals surface area contributed by atoms with Crippen LogP contribution in [0.3, 0.4) is 0 Å². The third-order valence-electron chi connectivity index (χ3n) is 10.4. The van der Waals surface area contributed by atoms with Crippen LogP contribution >= 0.6 is 0 Å². The summed E-state index contributed by atoms with van der Waals surface area (Å²) in [6.07, 6.45) is 9.80. The predicted molar refractivity (Wildman–Crippen MR) is 113 cm³/mol. The molecule has 1 unspecified atom stereocenters. The maximum absolute atomic E-state index is 11.6. The average Bonchev–Trinajstić information content (AvgIpc) is 3.04. The van der Waals surface area contributed by atoms with E-state index in [0.717, 1.165) is 32.1 Å². The number of methoxy groups -OCH3 is 1. The summed E-state index contributed by atoms with van der Waals surface area (Å²) in [6.45, 7) is 7.29. The zero-order chi connectivity index (χ0) is 21.0. The number of carbonyl (C=O) groups excluding carboxylic acids is 1. The number of hydrogen-bond acceptors (Lipinski definition) is 4. The molecule has 4 aliphatic rings. The smallest absolute Gasteiger partial charge is 0.305 e. The molecule has 0 aliphatic heterocycles. The summed E-state index contributed by atoms with van der Waals surface area (Å²) in [6, 6.07) is 0. The summed E-state index contributed by atoms with van der Waals surface area (Å²) >= 11 is 0. The lowest BCUT2D eigenvalue weighted by Gasteiger charge is -2.62. The number of rotatable bonds is 4. The summed E-state index contributed by atoms with van der Waals surface area (Å²) in [4.78, 5) is 11.6. The SMILES string of the molecule is COC(=O)CC[C@@H](C)[C@H]1CC[C@H]2[C@@H]3[C@@H](O)C[C@@H]4CC(O)CC[C@]4(C)[C@H]3CC[C@]12C. The van der Waals surface area contributed by atoms with Crippen LogP contribution < -0.4 is 0 Å². The molecule has 0 aromatic carbocycles. The molecule has 0 radical (unpaired) electrons. The Hall–Kier alpha value is -0.610. The minimum absolute atomic E-state index is 0.0959. The lowest BCUT2D eigenvalue weighted by Crippen LogP contribution is -2.58. The van der Waals surface area contributed by atoms with E-state index in [1.54, 1.807) is 0 Å². The maximum atomic E-state index is 11.6. The van der Waals surface area contributed by atoms with Crippen molar-refractivity contribution < 1.29 is 19.7 Å². The van der Waals surface area contributed by atoms with E-state index >= 15 is 0 Å². The fraction of sp³-hybridized carbons (Fsp3) is 0.960. The van der Waals surface area contributed by atoms with Crippen LogP contribution in [0.2, 0.25) is 0 Å². The number of carbonyl (C=O) groups is 1. The van der Waals surface area contributed by atoms with E-state index in [4.69, 9.17) is 4.74 Å². The maximum Gasteiger partial charge on any atom is 0.305 e. The number of fused-ring (bicyclic) bond motifs is 5. The Bertz CT molecular complexity index is 620. The highest BCUT2D eigenvalue weighted by Crippen LogP contribution is 2.68. The van der Waals surface area contributed by atoms with Crippen molar-refractivity contribution in [2.75, 3.05) is 7.11 Å². The van der Waals surface area contributed by atoms with Gasteiger partial charge in [-0.15, -0.1) is 0 Å². The molecule has 166 valence electrons. The molecule has 29 heavy (non-hydrogen) atoms. The number of aliphatic hydroxyl groups excluding tert-OH is 2. The first-order chi connectivity index (χ1) is 13.7. The molecule has 4 heteroatoms. The topological polar surface area (TPSA) is 66.8 Å². The molecule has 0 aromatic rings. The third kappa shape index (κ3) is 3.46. The predicted octanol–water partition coefficient (Wildman–Crippen LogP) is 4.57. The van der Waals surface area contributed by atoms with Crippen molar-refractivity contribution in [3.63, 3.8) is 0 Å². The second-order valence-corrected chi connectivity index (χ2v) is 11.5. The Morgan fingerprint density at radius 2 is 1.72 bits per heavy atom. The van der Waals surface area contributed by atoms with Crippen LogP contribution in [0.5, 0.6) is 0 Å². The summed E-state index contributed by atoms with van der Waals surface area (Å²) in [5.41, 5.74) is 0.577. The van der Waals surface area contributed by atoms with E-state index in [2.05, 4.69) is 20.8 Å². The lowest BCUT2D eigenvalue weighted by molar-refractivity contribution is -0.174. The highest BCUT2D eigenvalue weighted by molar-refractivity contribution is 5.69. The van der Waals surface area contributed by atoms with Gasteiger partial charge < -0.3 is 14.9 Å². The van der Waals surface area contributed by atoms with Crippen LogP contribution in [0.4, 0.5) is 0 Å². The molecule has 4 fully saturated rings. The van der Waals surface area contributed by atoms with Gasteiger partial charge in [0, 0.05) is 6.42 Å². The second kappa shape index (κ2) is 7.82. The Labute approximate surface area is 176 Å². The van der Waals surface area contributed by atoms with Crippen molar-refractivity contribution in [1.82, 2.24) is 0 Å². The van der Waals surface area contributed by atoms with Crippen molar-refractivity contribution in [1.29, 1.82) is 0 Å². The normalized spacial score (nSPS) is 50.2. The van der Waals surface area contributed by atoms with Gasteiger partial charge in [0.1, 0.15) is 0 Å². The lowest BCUT2D eigenvalue weighted by atomic mass is 9.43. The molecular formula is C25H42O4. The zero-order valence-electron chi connectivity index (χ0n) is 18.9. The van der Waals surface area contributed by atoms with Crippen LogP contribution in [-0.4, -0.2) is 35.5 Å². The van der Waals surface area contributed by atoms with Crippen LogP contribution in [0.1, 0.15) is 85.0 Å². The van der Waals surface area contributed by atoms with Crippen LogP contribution in [0.25, 0.3) is 0 Å². The minimum atomic E-state index is -0.211. The first kappa shape index (κ1) is 21.6. The van der Waals surface area contributed by atoms with Gasteiger partial charge in [-0.25, -0.2) is 0 Å². The van der Waals surface area contributed by atoms with E-state index in [0.29, 0.717) is 47.3 Å². The molecule has 2 N–H and O–H groups in total. The molecule has 4 aliphatic carbocycles. The fourth-order valence-corrected chi connectivity index (χ4v) is 8.82. The van der Waals surface area contributed by atoms with Crippen molar-refractivity contribution in [3.8, 4) is 0 Å². The van der Waals surface area contributed by atoms with Gasteiger partial charge in [0.2, 0.25) is 0 Å². The quantitative estimate of drug-likeness (QED) is 0.671. The summed E-state index contributed by atoms with van der Waals surface area (Å²) in [5, 5.41) is 21.5. The molecule has 0 heterocycles. The van der Waals surface area contributed by atoms with Gasteiger partial charge in [0.05, 0.1) is 19.3 Å². The van der Waals surface area contributed by atoms with E-state index in [1.807, 2.05) is 0 Å². The Morgan fingerprint density at radius 1 is 1.03 bits per heavy atom. The van der Waals surface area contributed by atoms with E-state index in [-0.39, 0.29) is 23.6 Å². The average molecular weight is 407 g/mol. The third-order valence-corrected chi connectivity index (χ3v) is 10.4. The summed E-state index contributed by atoms with van der Waals surface area (Å²) < 4.78 is 4.86. The van der Waals surface area contributed by atoms with Crippen LogP contribution in [0.15, 0.2) is 0 Å². The zero-order valence-corrected chi connectivity index (χ0v) is 18.9. The summed E-state index contributed by atoms with van der Waals surface area (Å²) in [7, 11) is 1.48. The van der Waals surface area contributed by atoms with Crippen LogP contribution in [-0.2, 0) is 9.53 Å². The molecule has 4 nitrogen and oxygen atoms in total. The first-order valence-corrected chi connectivity index (χ1v) is 12.1. The summed E-state index contributed by atoms with van der Waals surface area (Å²) in [5.74, 6) is 3.17. The Morgan fingerprint density at radius 3 is 2.45 bits per heavy atom. The molecule has 0 saturated heterocycles. The van der Waals surface area contributed by atoms with Crippen molar-refractivity contribution in [2.24, 2.45) is 46.3 Å². The molecule has 4 saturated carbocycles. The van der Waals surface area contributed by atoms with Crippen molar-refractivity contribution in [2.45, 2.75) is 97.2 Å². The fourth-order valence-electron chi connectivity index (χ4n) is 8.82. The first-order valence-electron chi connectivity index (χ1n) is 12.1. The van der Waals surface area contributed by atoms with Gasteiger partial charge in [-0.3, -0.25) is 4.79 Å². The molecule has 0 bridgehead atoms. The molecule has 0 spiro atoms. The number of aliphatic hydroxyl groups is 2. The van der Waals surface area contributed by atoms with Gasteiger partial charge in [0.25, 0.3) is 0 Å². The number of ether oxygens (including phenoxy) is 1. The standard InChI is InChI=1S/C25H42O4/c1-15(5-8-22(28)29-4)18-6-7-19-23-20(10-12-25(18,19)3)24(2)11-9-17(26)13-16(24)14-21(23)27/h15-21,23,26-27H,5-14H2,1-4H3/t15-,16+,17?,18-,19+,20+,21+,23+,24+,25-/m1/s1. The number of esters is 1. The Balaban J connectivity index is 1.53. The van der Waals surface area contributed by atoms with Gasteiger partial charge in [-0.1, -0.05) is 20.8 Å². The van der Waals surface area contributed by atoms with E-state index in [1.165, 1.54) is 32.8 Å². The minimum Gasteiger partial charge on any atom is -0.469 e. The van der Waals surface area contributed by atoms with Gasteiger partial charge in [-0.2, -0.15) is 0 Å². The largest absolute Gasteiger partial charge is 0.469 e. The molecule has 0 aromatic heterocycles. The highest BCUT2D eigenvalue weighted by atomic mass is 16.5. The van der Waals surface area contributed by atoms with Gasteiger partial charge in [-0.05, 0) is 104 Å². The van der Waals surface area contributed by atoms with Crippen molar-refractivity contribution in [3.05, 3.63) is 0 Å². The van der Waals surface area contributed by atoms with Gasteiger partial charge >= 0.3 is 5.97 Å². The number of hydrogen-bond donors (Lipinski definition) is 2. The second-order valence-electron chi connectivity index (χ2n) is 11.5. The highest BCUT2D eigenvalue weighted by Gasteiger charge is 2.62. The molecule has 4 rings (SSSR count). The van der Waals surface area contributed by atoms with E-state index < -0.39 is 0 Å². The van der Waals surface area contributed by atoms with E-state index in [9.17, 15) is 15.0 Å². The molecule has 0 amide bonds. The van der Waals surface area contributed by atoms with Crippen molar-refractivity contribution >= 4 is 5.97 Å².